The number of carbonyl (C=O) groups is 2. The van der Waals surface area contributed by atoms with Gasteiger partial charge < -0.3 is 20.3 Å². The maximum absolute atomic E-state index is 9.10. The Bertz CT molecular complexity index is 470. The van der Waals surface area contributed by atoms with E-state index in [9.17, 15) is 0 Å². The zero-order chi connectivity index (χ0) is 16.4. The first-order valence-corrected chi connectivity index (χ1v) is 7.18. The van der Waals surface area contributed by atoms with Gasteiger partial charge in [-0.1, -0.05) is 25.4 Å². The second-order valence-corrected chi connectivity index (χ2v) is 5.43. The van der Waals surface area contributed by atoms with Crippen LogP contribution in [0.1, 0.15) is 13.8 Å². The first-order valence-electron chi connectivity index (χ1n) is 6.01. The fourth-order valence-corrected chi connectivity index (χ4v) is 1.90. The number of aliphatic carboxylic acids is 2. The molecular weight excluding hydrogens is 366 g/mol. The highest BCUT2D eigenvalue weighted by Gasteiger charge is 2.04. The molecule has 0 spiro atoms. The van der Waals surface area contributed by atoms with Gasteiger partial charge >= 0.3 is 11.9 Å². The van der Waals surface area contributed by atoms with Crippen LogP contribution < -0.4 is 10.1 Å². The molecule has 0 unspecified atom stereocenters. The fourth-order valence-electron chi connectivity index (χ4n) is 1.10. The number of benzene rings is 1. The topological polar surface area (TPSA) is 95.9 Å². The van der Waals surface area contributed by atoms with Gasteiger partial charge in [0.2, 0.25) is 0 Å². The summed E-state index contributed by atoms with van der Waals surface area (Å²) in [7, 11) is 0. The summed E-state index contributed by atoms with van der Waals surface area (Å²) >= 11 is 9.22. The van der Waals surface area contributed by atoms with Crippen LogP contribution in [0, 0.1) is 0 Å². The van der Waals surface area contributed by atoms with Crippen LogP contribution in [0.2, 0.25) is 5.02 Å². The quantitative estimate of drug-likeness (QED) is 0.535. The van der Waals surface area contributed by atoms with Crippen molar-refractivity contribution in [2.45, 2.75) is 19.9 Å². The molecule has 0 aliphatic heterocycles. The molecular formula is C13H17BrClNO5. The molecule has 3 N–H and O–H groups in total. The third kappa shape index (κ3) is 10.1. The number of carboxylic acids is 2. The van der Waals surface area contributed by atoms with Crippen LogP contribution in [0.25, 0.3) is 0 Å². The maximum atomic E-state index is 9.10. The third-order valence-electron chi connectivity index (χ3n) is 1.99. The van der Waals surface area contributed by atoms with Gasteiger partial charge in [0.05, 0.1) is 4.47 Å². The van der Waals surface area contributed by atoms with Gasteiger partial charge in [0.25, 0.3) is 0 Å². The van der Waals surface area contributed by atoms with Crippen molar-refractivity contribution in [2.24, 2.45) is 0 Å². The summed E-state index contributed by atoms with van der Waals surface area (Å²) in [5.74, 6) is -2.82. The SMILES string of the molecule is CC(C)NCCOc1ccc(Cl)cc1Br.O=C(O)C(=O)O. The fraction of sp³-hybridized carbons (Fsp3) is 0.385. The molecule has 0 fully saturated rings. The Morgan fingerprint density at radius 2 is 1.90 bits per heavy atom. The number of hydrogen-bond donors (Lipinski definition) is 3. The zero-order valence-electron chi connectivity index (χ0n) is 11.6. The van der Waals surface area contributed by atoms with Crippen molar-refractivity contribution >= 4 is 39.5 Å². The second kappa shape index (κ2) is 10.4. The number of nitrogens with one attached hydrogen (secondary N) is 1. The monoisotopic (exact) mass is 381 g/mol. The van der Waals surface area contributed by atoms with Gasteiger partial charge in [-0.3, -0.25) is 0 Å². The molecule has 0 saturated carbocycles. The van der Waals surface area contributed by atoms with Crippen molar-refractivity contribution in [2.75, 3.05) is 13.2 Å². The van der Waals surface area contributed by atoms with Crippen molar-refractivity contribution < 1.29 is 24.5 Å². The molecule has 1 aromatic carbocycles. The van der Waals surface area contributed by atoms with E-state index in [-0.39, 0.29) is 0 Å². The lowest BCUT2D eigenvalue weighted by Gasteiger charge is -2.10. The molecule has 0 atom stereocenters. The molecule has 0 aliphatic carbocycles. The van der Waals surface area contributed by atoms with E-state index in [1.54, 1.807) is 0 Å². The second-order valence-electron chi connectivity index (χ2n) is 4.14. The van der Waals surface area contributed by atoms with E-state index in [2.05, 4.69) is 35.1 Å². The lowest BCUT2D eigenvalue weighted by molar-refractivity contribution is -0.159. The standard InChI is InChI=1S/C11H15BrClNO.C2H2O4/c1-8(2)14-5-6-15-11-4-3-9(13)7-10(11)12;3-1(4)2(5)6/h3-4,7-8,14H,5-6H2,1-2H3;(H,3,4)(H,5,6). The van der Waals surface area contributed by atoms with Gasteiger partial charge in [-0.2, -0.15) is 0 Å². The van der Waals surface area contributed by atoms with E-state index >= 15 is 0 Å². The summed E-state index contributed by atoms with van der Waals surface area (Å²) in [4.78, 5) is 18.2. The van der Waals surface area contributed by atoms with E-state index in [0.717, 1.165) is 16.8 Å². The minimum Gasteiger partial charge on any atom is -0.491 e. The highest BCUT2D eigenvalue weighted by molar-refractivity contribution is 9.10. The van der Waals surface area contributed by atoms with E-state index in [1.165, 1.54) is 0 Å². The van der Waals surface area contributed by atoms with Gasteiger partial charge in [0.15, 0.2) is 0 Å². The van der Waals surface area contributed by atoms with Gasteiger partial charge in [0.1, 0.15) is 12.4 Å². The molecule has 1 rings (SSSR count). The van der Waals surface area contributed by atoms with Crippen LogP contribution >= 0.6 is 27.5 Å². The van der Waals surface area contributed by atoms with Gasteiger partial charge in [-0.25, -0.2) is 9.59 Å². The molecule has 0 saturated heterocycles. The first kappa shape index (κ1) is 19.7. The largest absolute Gasteiger partial charge is 0.491 e. The van der Waals surface area contributed by atoms with E-state index in [1.807, 2.05) is 18.2 Å². The Morgan fingerprint density at radius 3 is 2.33 bits per heavy atom. The average Bonchev–Trinajstić information content (AvgIpc) is 2.37. The minimum atomic E-state index is -1.82. The Morgan fingerprint density at radius 1 is 1.33 bits per heavy atom. The summed E-state index contributed by atoms with van der Waals surface area (Å²) in [5.41, 5.74) is 0. The molecule has 1 aromatic rings. The van der Waals surface area contributed by atoms with Gasteiger partial charge in [-0.15, -0.1) is 0 Å². The number of carboxylic acid groups (broad SMARTS) is 2. The van der Waals surface area contributed by atoms with E-state index in [0.29, 0.717) is 17.7 Å². The summed E-state index contributed by atoms with van der Waals surface area (Å²) in [6, 6.07) is 5.99. The molecule has 6 nitrogen and oxygen atoms in total. The van der Waals surface area contributed by atoms with Crippen LogP contribution in [-0.2, 0) is 9.59 Å². The molecule has 0 amide bonds. The zero-order valence-corrected chi connectivity index (χ0v) is 13.9. The van der Waals surface area contributed by atoms with Gasteiger partial charge in [0, 0.05) is 17.6 Å². The summed E-state index contributed by atoms with van der Waals surface area (Å²) in [6.07, 6.45) is 0. The van der Waals surface area contributed by atoms with Gasteiger partial charge in [-0.05, 0) is 34.1 Å². The Hall–Kier alpha value is -1.31. The normalized spacial score (nSPS) is 9.76. The number of halogens is 2. The predicted molar refractivity (Wildman–Crippen MR) is 83.1 cm³/mol. The van der Waals surface area contributed by atoms with Crippen LogP contribution in [0.4, 0.5) is 0 Å². The maximum Gasteiger partial charge on any atom is 0.414 e. The van der Waals surface area contributed by atoms with Crippen LogP contribution in [0.3, 0.4) is 0 Å². The predicted octanol–water partition coefficient (Wildman–Crippen LogP) is 2.63. The van der Waals surface area contributed by atoms with Crippen LogP contribution in [-0.4, -0.2) is 41.3 Å². The highest BCUT2D eigenvalue weighted by atomic mass is 79.9. The van der Waals surface area contributed by atoms with Crippen molar-refractivity contribution in [1.29, 1.82) is 0 Å². The number of hydrogen-bond acceptors (Lipinski definition) is 4. The Kier molecular flexibility index (Phi) is 9.77. The molecule has 0 bridgehead atoms. The van der Waals surface area contributed by atoms with Crippen LogP contribution in [0.5, 0.6) is 5.75 Å². The Labute approximate surface area is 136 Å². The van der Waals surface area contributed by atoms with Crippen molar-refractivity contribution in [1.82, 2.24) is 5.32 Å². The first-order chi connectivity index (χ1) is 9.73. The lowest BCUT2D eigenvalue weighted by atomic mass is 10.3. The summed E-state index contributed by atoms with van der Waals surface area (Å²) in [6.45, 7) is 5.71. The molecule has 0 heterocycles. The minimum absolute atomic E-state index is 0.488. The van der Waals surface area contributed by atoms with Crippen molar-refractivity contribution in [3.05, 3.63) is 27.7 Å². The lowest BCUT2D eigenvalue weighted by Crippen LogP contribution is -2.27. The molecule has 0 radical (unpaired) electrons. The molecule has 8 heteroatoms. The summed E-state index contributed by atoms with van der Waals surface area (Å²) < 4.78 is 6.46. The molecule has 0 aliphatic rings. The van der Waals surface area contributed by atoms with Crippen molar-refractivity contribution in [3.63, 3.8) is 0 Å². The average molecular weight is 383 g/mol. The highest BCUT2D eigenvalue weighted by Crippen LogP contribution is 2.27. The van der Waals surface area contributed by atoms with Crippen molar-refractivity contribution in [3.8, 4) is 5.75 Å². The summed E-state index contributed by atoms with van der Waals surface area (Å²) in [5, 5.41) is 18.8. The smallest absolute Gasteiger partial charge is 0.414 e. The molecule has 0 aromatic heterocycles. The number of ether oxygens (including phenoxy) is 1. The number of rotatable bonds is 5. The molecule has 118 valence electrons. The van der Waals surface area contributed by atoms with E-state index in [4.69, 9.17) is 36.1 Å². The molecule has 21 heavy (non-hydrogen) atoms. The Balaban J connectivity index is 0.000000567. The third-order valence-corrected chi connectivity index (χ3v) is 2.84. The van der Waals surface area contributed by atoms with E-state index < -0.39 is 11.9 Å². The van der Waals surface area contributed by atoms with Crippen LogP contribution in [0.15, 0.2) is 22.7 Å².